The summed E-state index contributed by atoms with van der Waals surface area (Å²) < 4.78 is 43.1. The van der Waals surface area contributed by atoms with Gasteiger partial charge in [-0.05, 0) is 22.0 Å². The number of carbonyl (C=O) groups is 1. The van der Waals surface area contributed by atoms with Crippen LogP contribution in [0.2, 0.25) is 0 Å². The second-order valence-electron chi connectivity index (χ2n) is 6.06. The standard InChI is InChI=1S/C17H10BrF3N6O3S/c18-9-6-31-16(14(9)15-23-7-24-26-15)25-11(28)5-27-10-3-12(30-17(19,20)21)22-4-8(10)1-2-13(27)29/h1-4,6-7H,5H2,(H,25,28)(H,23,24,26). The number of H-pyrrole nitrogens is 1. The quantitative estimate of drug-likeness (QED) is 0.421. The Kier molecular flexibility index (Phi) is 5.49. The number of nitrogens with zero attached hydrogens (tertiary/aromatic N) is 4. The lowest BCUT2D eigenvalue weighted by atomic mass is 10.2. The molecule has 0 aromatic carbocycles. The Bertz CT molecular complexity index is 1320. The maximum absolute atomic E-state index is 12.7. The van der Waals surface area contributed by atoms with E-state index in [1.807, 2.05) is 0 Å². The molecule has 0 fully saturated rings. The number of aromatic nitrogens is 5. The minimum absolute atomic E-state index is 0.0692. The van der Waals surface area contributed by atoms with Gasteiger partial charge in [-0.3, -0.25) is 19.3 Å². The number of aromatic amines is 1. The van der Waals surface area contributed by atoms with Crippen molar-refractivity contribution in [3.8, 4) is 17.3 Å². The van der Waals surface area contributed by atoms with E-state index in [0.29, 0.717) is 26.2 Å². The van der Waals surface area contributed by atoms with E-state index < -0.39 is 30.3 Å². The van der Waals surface area contributed by atoms with Crippen LogP contribution in [-0.2, 0) is 11.3 Å². The first-order valence-corrected chi connectivity index (χ1v) is 10.1. The number of anilines is 1. The summed E-state index contributed by atoms with van der Waals surface area (Å²) in [5.41, 5.74) is 0.0699. The zero-order chi connectivity index (χ0) is 22.2. The monoisotopic (exact) mass is 514 g/mol. The van der Waals surface area contributed by atoms with E-state index in [2.05, 4.69) is 46.1 Å². The van der Waals surface area contributed by atoms with Gasteiger partial charge >= 0.3 is 6.36 Å². The molecule has 0 saturated carbocycles. The van der Waals surface area contributed by atoms with Crippen LogP contribution < -0.4 is 15.6 Å². The number of hydrogen-bond acceptors (Lipinski definition) is 7. The van der Waals surface area contributed by atoms with Crippen LogP contribution in [0.4, 0.5) is 18.2 Å². The molecule has 160 valence electrons. The van der Waals surface area contributed by atoms with Gasteiger partial charge in [0.05, 0.1) is 11.1 Å². The molecule has 0 aliphatic heterocycles. The van der Waals surface area contributed by atoms with Gasteiger partial charge < -0.3 is 10.1 Å². The lowest BCUT2D eigenvalue weighted by Crippen LogP contribution is -2.27. The lowest BCUT2D eigenvalue weighted by Gasteiger charge is -2.12. The van der Waals surface area contributed by atoms with Gasteiger partial charge in [0, 0.05) is 33.6 Å². The zero-order valence-corrected chi connectivity index (χ0v) is 17.5. The number of amides is 1. The van der Waals surface area contributed by atoms with Crippen molar-refractivity contribution in [3.63, 3.8) is 0 Å². The Morgan fingerprint density at radius 1 is 1.32 bits per heavy atom. The van der Waals surface area contributed by atoms with Gasteiger partial charge in [-0.25, -0.2) is 9.97 Å². The van der Waals surface area contributed by atoms with Crippen molar-refractivity contribution in [2.75, 3.05) is 5.32 Å². The Morgan fingerprint density at radius 2 is 2.13 bits per heavy atom. The molecule has 0 aliphatic rings. The fourth-order valence-electron chi connectivity index (χ4n) is 2.79. The molecule has 0 spiro atoms. The average molecular weight is 515 g/mol. The topological polar surface area (TPSA) is 115 Å². The van der Waals surface area contributed by atoms with Gasteiger partial charge in [0.2, 0.25) is 11.8 Å². The number of carbonyl (C=O) groups excluding carboxylic acids is 1. The number of ether oxygens (including phenoxy) is 1. The maximum atomic E-state index is 12.7. The average Bonchev–Trinajstić information content (AvgIpc) is 3.32. The predicted molar refractivity (Wildman–Crippen MR) is 109 cm³/mol. The second kappa shape index (κ2) is 8.11. The van der Waals surface area contributed by atoms with Crippen LogP contribution in [0.25, 0.3) is 22.3 Å². The van der Waals surface area contributed by atoms with E-state index in [4.69, 9.17) is 0 Å². The van der Waals surface area contributed by atoms with Gasteiger partial charge in [0.15, 0.2) is 5.82 Å². The van der Waals surface area contributed by atoms with E-state index in [-0.39, 0.29) is 5.52 Å². The molecule has 0 bridgehead atoms. The summed E-state index contributed by atoms with van der Waals surface area (Å²) in [5.74, 6) is -0.889. The number of pyridine rings is 2. The molecule has 4 rings (SSSR count). The fraction of sp³-hybridized carbons (Fsp3) is 0.118. The number of fused-ring (bicyclic) bond motifs is 1. The van der Waals surface area contributed by atoms with Crippen molar-refractivity contribution in [2.45, 2.75) is 12.9 Å². The predicted octanol–water partition coefficient (Wildman–Crippen LogP) is 3.54. The van der Waals surface area contributed by atoms with Gasteiger partial charge in [0.25, 0.3) is 5.56 Å². The van der Waals surface area contributed by atoms with Gasteiger partial charge in [0.1, 0.15) is 17.9 Å². The molecule has 14 heteroatoms. The first-order valence-electron chi connectivity index (χ1n) is 8.39. The van der Waals surface area contributed by atoms with E-state index >= 15 is 0 Å². The lowest BCUT2D eigenvalue weighted by molar-refractivity contribution is -0.276. The Labute approximate surface area is 183 Å². The van der Waals surface area contributed by atoms with Crippen molar-refractivity contribution in [3.05, 3.63) is 50.9 Å². The maximum Gasteiger partial charge on any atom is 0.574 e. The SMILES string of the molecule is O=C(Cn1c(=O)ccc2cnc(OC(F)(F)F)cc21)Nc1scc(Br)c1-c1ncn[nH]1. The Morgan fingerprint density at radius 3 is 2.84 bits per heavy atom. The molecule has 0 radical (unpaired) electrons. The first kappa shape index (κ1) is 21.0. The van der Waals surface area contributed by atoms with E-state index in [1.54, 1.807) is 5.38 Å². The summed E-state index contributed by atoms with van der Waals surface area (Å²) in [6.07, 6.45) is -2.50. The zero-order valence-electron chi connectivity index (χ0n) is 15.1. The largest absolute Gasteiger partial charge is 0.574 e. The molecular formula is C17H10BrF3N6O3S. The van der Waals surface area contributed by atoms with Crippen LogP contribution in [0, 0.1) is 0 Å². The van der Waals surface area contributed by atoms with E-state index in [0.717, 1.165) is 16.8 Å². The minimum atomic E-state index is -4.94. The Hall–Kier alpha value is -3.26. The number of nitrogens with one attached hydrogen (secondary N) is 2. The second-order valence-corrected chi connectivity index (χ2v) is 7.79. The van der Waals surface area contributed by atoms with Crippen molar-refractivity contribution < 1.29 is 22.7 Å². The summed E-state index contributed by atoms with van der Waals surface area (Å²) >= 11 is 4.60. The number of hydrogen-bond donors (Lipinski definition) is 2. The third-order valence-corrected chi connectivity index (χ3v) is 5.85. The summed E-state index contributed by atoms with van der Waals surface area (Å²) in [5, 5.41) is 11.7. The number of thiophene rings is 1. The molecule has 0 atom stereocenters. The number of rotatable bonds is 5. The molecule has 31 heavy (non-hydrogen) atoms. The highest BCUT2D eigenvalue weighted by atomic mass is 79.9. The van der Waals surface area contributed by atoms with Crippen molar-refractivity contribution in [1.82, 2.24) is 24.7 Å². The smallest absolute Gasteiger partial charge is 0.388 e. The highest BCUT2D eigenvalue weighted by Crippen LogP contribution is 2.38. The third kappa shape index (κ3) is 4.59. The molecule has 2 N–H and O–H groups in total. The fourth-order valence-corrected chi connectivity index (χ4v) is 4.43. The van der Waals surface area contributed by atoms with Crippen LogP contribution in [-0.4, -0.2) is 37.0 Å². The third-order valence-electron chi connectivity index (χ3n) is 4.02. The van der Waals surface area contributed by atoms with Gasteiger partial charge in [-0.2, -0.15) is 5.10 Å². The minimum Gasteiger partial charge on any atom is -0.388 e. The van der Waals surface area contributed by atoms with Gasteiger partial charge in [-0.15, -0.1) is 24.5 Å². The Balaban J connectivity index is 1.64. The summed E-state index contributed by atoms with van der Waals surface area (Å²) in [6.45, 7) is -0.447. The van der Waals surface area contributed by atoms with Crippen LogP contribution >= 0.6 is 27.3 Å². The van der Waals surface area contributed by atoms with Crippen LogP contribution in [0.1, 0.15) is 0 Å². The molecule has 0 unspecified atom stereocenters. The summed E-state index contributed by atoms with van der Waals surface area (Å²) in [7, 11) is 0. The molecule has 0 aliphatic carbocycles. The van der Waals surface area contributed by atoms with Crippen molar-refractivity contribution >= 4 is 49.1 Å². The highest BCUT2D eigenvalue weighted by Gasteiger charge is 2.32. The first-order chi connectivity index (χ1) is 14.7. The molecule has 4 heterocycles. The summed E-state index contributed by atoms with van der Waals surface area (Å²) in [4.78, 5) is 32.6. The van der Waals surface area contributed by atoms with E-state index in [1.165, 1.54) is 29.8 Å². The number of alkyl halides is 3. The number of halogens is 4. The van der Waals surface area contributed by atoms with Crippen molar-refractivity contribution in [1.29, 1.82) is 0 Å². The molecule has 0 saturated heterocycles. The molecule has 4 aromatic rings. The molecule has 4 aromatic heterocycles. The van der Waals surface area contributed by atoms with E-state index in [9.17, 15) is 22.8 Å². The normalized spacial score (nSPS) is 11.6. The molecule has 1 amide bonds. The van der Waals surface area contributed by atoms with Crippen LogP contribution in [0.3, 0.4) is 0 Å². The van der Waals surface area contributed by atoms with Crippen molar-refractivity contribution in [2.24, 2.45) is 0 Å². The van der Waals surface area contributed by atoms with Crippen LogP contribution in [0.5, 0.6) is 5.88 Å². The van der Waals surface area contributed by atoms with Crippen LogP contribution in [0.15, 0.2) is 45.4 Å². The summed E-state index contributed by atoms with van der Waals surface area (Å²) in [6, 6.07) is 3.55. The highest BCUT2D eigenvalue weighted by molar-refractivity contribution is 9.10. The van der Waals surface area contributed by atoms with Gasteiger partial charge in [-0.1, -0.05) is 0 Å². The molecule has 9 nitrogen and oxygen atoms in total. The molecular weight excluding hydrogens is 505 g/mol.